The molecule has 0 bridgehead atoms. The van der Waals surface area contributed by atoms with E-state index in [1.165, 1.54) is 0 Å². The molecule has 0 spiro atoms. The van der Waals surface area contributed by atoms with Crippen LogP contribution >= 0.6 is 11.6 Å². The van der Waals surface area contributed by atoms with Crippen molar-refractivity contribution in [1.82, 2.24) is 5.32 Å². The number of amides is 1. The zero-order valence-electron chi connectivity index (χ0n) is 17.4. The number of aliphatic carboxylic acids is 1. The summed E-state index contributed by atoms with van der Waals surface area (Å²) in [4.78, 5) is 36.2. The van der Waals surface area contributed by atoms with Gasteiger partial charge in [0, 0.05) is 28.0 Å². The molecule has 1 aliphatic carbocycles. The maximum atomic E-state index is 12.4. The Morgan fingerprint density at radius 3 is 2.59 bits per heavy atom. The average molecular weight is 456 g/mol. The number of hydrogen-bond acceptors (Lipinski definition) is 5. The summed E-state index contributed by atoms with van der Waals surface area (Å²) in [6, 6.07) is 9.22. The molecular formula is C24H22ClNO6. The highest BCUT2D eigenvalue weighted by Crippen LogP contribution is 2.32. The molecule has 166 valence electrons. The van der Waals surface area contributed by atoms with Gasteiger partial charge in [-0.1, -0.05) is 23.7 Å². The van der Waals surface area contributed by atoms with Crippen molar-refractivity contribution in [3.63, 3.8) is 0 Å². The van der Waals surface area contributed by atoms with Gasteiger partial charge in [-0.3, -0.25) is 4.79 Å². The number of carboxylic acid groups (broad SMARTS) is 1. The van der Waals surface area contributed by atoms with Crippen molar-refractivity contribution < 1.29 is 23.8 Å². The summed E-state index contributed by atoms with van der Waals surface area (Å²) >= 11 is 5.85. The van der Waals surface area contributed by atoms with Crippen LogP contribution in [0.15, 0.2) is 45.6 Å². The second-order valence-electron chi connectivity index (χ2n) is 7.84. The molecule has 1 heterocycles. The van der Waals surface area contributed by atoms with Gasteiger partial charge in [0.1, 0.15) is 17.4 Å². The Bertz CT molecular complexity index is 1250. The van der Waals surface area contributed by atoms with Crippen molar-refractivity contribution in [2.45, 2.75) is 38.6 Å². The van der Waals surface area contributed by atoms with Crippen LogP contribution in [0, 0.1) is 6.92 Å². The Morgan fingerprint density at radius 1 is 1.16 bits per heavy atom. The first-order chi connectivity index (χ1) is 15.3. The van der Waals surface area contributed by atoms with Gasteiger partial charge in [0.2, 0.25) is 0 Å². The predicted octanol–water partition coefficient (Wildman–Crippen LogP) is 3.43. The molecular weight excluding hydrogens is 434 g/mol. The van der Waals surface area contributed by atoms with Gasteiger partial charge in [0.05, 0.1) is 0 Å². The standard InChI is InChI=1S/C24H22ClNO6/c1-13-20(10-9-17-16-3-2-4-18(16)24(30)32-22(13)17)31-12-21(27)26-19(23(28)29)11-14-5-7-15(25)8-6-14/h5-10,19H,2-4,11-12H2,1H3,(H,26,27)(H,28,29)/t19-/m1/s1. The summed E-state index contributed by atoms with van der Waals surface area (Å²) in [7, 11) is 0. The Morgan fingerprint density at radius 2 is 1.88 bits per heavy atom. The zero-order valence-corrected chi connectivity index (χ0v) is 18.2. The number of carbonyl (C=O) groups is 2. The fraction of sp³-hybridized carbons (Fsp3) is 0.292. The normalized spacial score (nSPS) is 13.6. The van der Waals surface area contributed by atoms with Crippen molar-refractivity contribution in [2.24, 2.45) is 0 Å². The lowest BCUT2D eigenvalue weighted by molar-refractivity contribution is -0.142. The van der Waals surface area contributed by atoms with E-state index in [-0.39, 0.29) is 18.7 Å². The monoisotopic (exact) mass is 455 g/mol. The number of halogens is 1. The third-order valence-corrected chi connectivity index (χ3v) is 5.94. The fourth-order valence-corrected chi connectivity index (χ4v) is 4.18. The molecule has 3 aromatic rings. The molecule has 1 atom stereocenters. The number of carbonyl (C=O) groups excluding carboxylic acids is 1. The number of hydrogen-bond donors (Lipinski definition) is 2. The van der Waals surface area contributed by atoms with Crippen LogP contribution in [0.3, 0.4) is 0 Å². The van der Waals surface area contributed by atoms with Crippen molar-refractivity contribution in [3.8, 4) is 5.75 Å². The number of fused-ring (bicyclic) bond motifs is 3. The van der Waals surface area contributed by atoms with Crippen molar-refractivity contribution >= 4 is 34.4 Å². The molecule has 1 aromatic heterocycles. The molecule has 0 saturated carbocycles. The van der Waals surface area contributed by atoms with E-state index in [0.29, 0.717) is 21.9 Å². The summed E-state index contributed by atoms with van der Waals surface area (Å²) in [5.41, 5.74) is 3.25. The molecule has 0 saturated heterocycles. The Hall–Kier alpha value is -3.32. The second kappa shape index (κ2) is 9.04. The Labute approximate surface area is 188 Å². The molecule has 4 rings (SSSR count). The van der Waals surface area contributed by atoms with E-state index in [0.717, 1.165) is 41.3 Å². The van der Waals surface area contributed by atoms with Gasteiger partial charge in [0.15, 0.2) is 6.61 Å². The molecule has 7 nitrogen and oxygen atoms in total. The van der Waals surface area contributed by atoms with Crippen LogP contribution in [0.25, 0.3) is 11.0 Å². The van der Waals surface area contributed by atoms with Crippen molar-refractivity contribution in [2.75, 3.05) is 6.61 Å². The molecule has 2 N–H and O–H groups in total. The number of rotatable bonds is 7. The van der Waals surface area contributed by atoms with Crippen LogP contribution in [0.4, 0.5) is 0 Å². The first-order valence-electron chi connectivity index (χ1n) is 10.3. The van der Waals surface area contributed by atoms with E-state index in [1.54, 1.807) is 37.3 Å². The minimum Gasteiger partial charge on any atom is -0.483 e. The van der Waals surface area contributed by atoms with Crippen LogP contribution < -0.4 is 15.7 Å². The lowest BCUT2D eigenvalue weighted by Gasteiger charge is -2.16. The molecule has 2 aromatic carbocycles. The van der Waals surface area contributed by atoms with E-state index in [9.17, 15) is 19.5 Å². The molecule has 0 radical (unpaired) electrons. The lowest BCUT2D eigenvalue weighted by Crippen LogP contribution is -2.44. The highest BCUT2D eigenvalue weighted by Gasteiger charge is 2.23. The number of benzene rings is 2. The van der Waals surface area contributed by atoms with Crippen LogP contribution in [0.2, 0.25) is 5.02 Å². The summed E-state index contributed by atoms with van der Waals surface area (Å²) < 4.78 is 11.2. The molecule has 0 aliphatic heterocycles. The van der Waals surface area contributed by atoms with Crippen LogP contribution in [0.5, 0.6) is 5.75 Å². The highest BCUT2D eigenvalue weighted by molar-refractivity contribution is 6.30. The first kappa shape index (κ1) is 21.9. The zero-order chi connectivity index (χ0) is 22.8. The average Bonchev–Trinajstić information content (AvgIpc) is 3.26. The van der Waals surface area contributed by atoms with E-state index >= 15 is 0 Å². The van der Waals surface area contributed by atoms with E-state index in [4.69, 9.17) is 20.8 Å². The number of ether oxygens (including phenoxy) is 1. The molecule has 32 heavy (non-hydrogen) atoms. The predicted molar refractivity (Wildman–Crippen MR) is 119 cm³/mol. The van der Waals surface area contributed by atoms with Crippen LogP contribution in [-0.4, -0.2) is 29.6 Å². The molecule has 0 fully saturated rings. The van der Waals surface area contributed by atoms with E-state index < -0.39 is 17.9 Å². The maximum absolute atomic E-state index is 12.4. The fourth-order valence-electron chi connectivity index (χ4n) is 4.06. The van der Waals surface area contributed by atoms with Gasteiger partial charge in [-0.25, -0.2) is 9.59 Å². The Kier molecular flexibility index (Phi) is 6.19. The van der Waals surface area contributed by atoms with Gasteiger partial charge in [-0.05, 0) is 61.6 Å². The topological polar surface area (TPSA) is 106 Å². The van der Waals surface area contributed by atoms with Gasteiger partial charge in [0.25, 0.3) is 5.91 Å². The summed E-state index contributed by atoms with van der Waals surface area (Å²) in [5.74, 6) is -1.31. The van der Waals surface area contributed by atoms with E-state index in [1.807, 2.05) is 6.07 Å². The molecule has 1 amide bonds. The SMILES string of the molecule is Cc1c(OCC(=O)N[C@H](Cc2ccc(Cl)cc2)C(=O)O)ccc2c3c(c(=O)oc12)CCC3. The van der Waals surface area contributed by atoms with Crippen LogP contribution in [-0.2, 0) is 28.9 Å². The second-order valence-corrected chi connectivity index (χ2v) is 8.28. The first-order valence-corrected chi connectivity index (χ1v) is 10.7. The lowest BCUT2D eigenvalue weighted by atomic mass is 10.0. The quantitative estimate of drug-likeness (QED) is 0.529. The summed E-state index contributed by atoms with van der Waals surface area (Å²) in [5, 5.41) is 13.4. The minimum atomic E-state index is -1.15. The molecule has 8 heteroatoms. The molecule has 0 unspecified atom stereocenters. The largest absolute Gasteiger partial charge is 0.483 e. The Balaban J connectivity index is 1.45. The van der Waals surface area contributed by atoms with Crippen molar-refractivity contribution in [1.29, 1.82) is 0 Å². The number of carboxylic acids is 1. The highest BCUT2D eigenvalue weighted by atomic mass is 35.5. The van der Waals surface area contributed by atoms with Gasteiger partial charge in [-0.2, -0.15) is 0 Å². The van der Waals surface area contributed by atoms with E-state index in [2.05, 4.69) is 5.32 Å². The smallest absolute Gasteiger partial charge is 0.339 e. The third kappa shape index (κ3) is 4.48. The molecule has 1 aliphatic rings. The van der Waals surface area contributed by atoms with Crippen LogP contribution in [0.1, 0.15) is 28.7 Å². The summed E-state index contributed by atoms with van der Waals surface area (Å²) in [6.45, 7) is 1.40. The van der Waals surface area contributed by atoms with Gasteiger partial charge < -0.3 is 19.6 Å². The number of nitrogens with one attached hydrogen (secondary N) is 1. The maximum Gasteiger partial charge on any atom is 0.339 e. The van der Waals surface area contributed by atoms with Crippen molar-refractivity contribution in [3.05, 3.63) is 74.1 Å². The summed E-state index contributed by atoms with van der Waals surface area (Å²) in [6.07, 6.45) is 2.61. The minimum absolute atomic E-state index is 0.115. The van der Waals surface area contributed by atoms with Gasteiger partial charge in [-0.15, -0.1) is 0 Å². The third-order valence-electron chi connectivity index (χ3n) is 5.69. The number of aryl methyl sites for hydroxylation is 2. The van der Waals surface area contributed by atoms with Gasteiger partial charge >= 0.3 is 11.6 Å².